The number of piperidine rings is 2. The van der Waals surface area contributed by atoms with E-state index in [1.54, 1.807) is 31.2 Å². The molecule has 5 rings (SSSR count). The minimum absolute atomic E-state index is 0.00835. The van der Waals surface area contributed by atoms with Gasteiger partial charge >= 0.3 is 0 Å². The number of halogens is 2. The van der Waals surface area contributed by atoms with Gasteiger partial charge in [0.15, 0.2) is 0 Å². The van der Waals surface area contributed by atoms with Crippen LogP contribution in [-0.4, -0.2) is 52.3 Å². The number of rotatable bonds is 6. The summed E-state index contributed by atoms with van der Waals surface area (Å²) in [4.78, 5) is 42.4. The molecule has 0 aliphatic carbocycles. The number of nitrogens with zero attached hydrogens (tertiary/aromatic N) is 2. The van der Waals surface area contributed by atoms with Crippen molar-refractivity contribution in [2.45, 2.75) is 58.1 Å². The number of aromatic nitrogens is 1. The van der Waals surface area contributed by atoms with Crippen LogP contribution in [0.1, 0.15) is 73.0 Å². The lowest BCUT2D eigenvalue weighted by atomic mass is 9.66. The van der Waals surface area contributed by atoms with Gasteiger partial charge < -0.3 is 10.4 Å². The number of pyridine rings is 1. The first-order valence-electron chi connectivity index (χ1n) is 13.9. The molecule has 0 saturated carbocycles. The Labute approximate surface area is 237 Å². The van der Waals surface area contributed by atoms with E-state index in [0.29, 0.717) is 49.2 Å². The van der Waals surface area contributed by atoms with Crippen LogP contribution in [0.15, 0.2) is 42.6 Å². The van der Waals surface area contributed by atoms with Gasteiger partial charge in [0, 0.05) is 55.2 Å². The number of imide groups is 1. The standard InChI is InChI=1S/C31H34F2N4O4/c1-4-34-28(39)21-6-5-18(13-24(21)32)16-37-12-11-31(41,30(2,3)17-37)23-8-9-25-22(27(23)33)14-19(15-35-25)20-7-10-26(38)36-29(20)40/h5-6,8-9,13-15,20,41H,4,7,10-12,16-17H2,1-3H3,(H,34,39)(H,36,38,40)/t20?,31-/m1/s1. The minimum atomic E-state index is -1.50. The number of hydrogen-bond donors (Lipinski definition) is 3. The molecule has 2 fully saturated rings. The van der Waals surface area contributed by atoms with Crippen molar-refractivity contribution < 1.29 is 28.3 Å². The molecule has 41 heavy (non-hydrogen) atoms. The highest BCUT2D eigenvalue weighted by atomic mass is 19.1. The third-order valence-corrected chi connectivity index (χ3v) is 8.46. The highest BCUT2D eigenvalue weighted by Gasteiger charge is 2.50. The molecule has 2 aliphatic rings. The third kappa shape index (κ3) is 5.34. The summed E-state index contributed by atoms with van der Waals surface area (Å²) in [5.74, 6) is -3.00. The van der Waals surface area contributed by atoms with Crippen LogP contribution in [0.25, 0.3) is 10.9 Å². The average molecular weight is 565 g/mol. The monoisotopic (exact) mass is 564 g/mol. The number of carbonyl (C=O) groups is 3. The summed E-state index contributed by atoms with van der Waals surface area (Å²) in [6.45, 7) is 7.18. The molecule has 2 aliphatic heterocycles. The van der Waals surface area contributed by atoms with Crippen molar-refractivity contribution >= 4 is 28.6 Å². The lowest BCUT2D eigenvalue weighted by Crippen LogP contribution is -2.55. The zero-order chi connectivity index (χ0) is 29.5. The minimum Gasteiger partial charge on any atom is -0.384 e. The van der Waals surface area contributed by atoms with Gasteiger partial charge in [-0.05, 0) is 55.2 Å². The van der Waals surface area contributed by atoms with E-state index in [1.807, 2.05) is 13.8 Å². The van der Waals surface area contributed by atoms with Crippen LogP contribution < -0.4 is 10.6 Å². The summed E-state index contributed by atoms with van der Waals surface area (Å²) >= 11 is 0. The van der Waals surface area contributed by atoms with Crippen LogP contribution in [0, 0.1) is 17.0 Å². The predicted octanol–water partition coefficient (Wildman–Crippen LogP) is 3.90. The first kappa shape index (κ1) is 28.8. The normalized spacial score (nSPS) is 22.9. The summed E-state index contributed by atoms with van der Waals surface area (Å²) in [6, 6.07) is 9.38. The summed E-state index contributed by atoms with van der Waals surface area (Å²) in [5, 5.41) is 17.1. The molecule has 3 aromatic rings. The SMILES string of the molecule is CCNC(=O)c1ccc(CN2CC[C@@](O)(c3ccc4ncc(C5CCC(=O)NC5=O)cc4c3F)C(C)(C)C2)cc1F. The van der Waals surface area contributed by atoms with Gasteiger partial charge in [-0.25, -0.2) is 8.78 Å². The number of carbonyl (C=O) groups excluding carboxylic acids is 3. The summed E-state index contributed by atoms with van der Waals surface area (Å²) in [5.41, 5.74) is -0.515. The van der Waals surface area contributed by atoms with E-state index in [-0.39, 0.29) is 35.3 Å². The van der Waals surface area contributed by atoms with Crippen LogP contribution >= 0.6 is 0 Å². The number of hydrogen-bond acceptors (Lipinski definition) is 6. The van der Waals surface area contributed by atoms with Crippen molar-refractivity contribution in [1.29, 1.82) is 0 Å². The van der Waals surface area contributed by atoms with Gasteiger partial charge in [0.05, 0.1) is 22.6 Å². The van der Waals surface area contributed by atoms with Crippen molar-refractivity contribution in [3.8, 4) is 0 Å². The Hall–Kier alpha value is -3.76. The lowest BCUT2D eigenvalue weighted by molar-refractivity contribution is -0.134. The quantitative estimate of drug-likeness (QED) is 0.392. The zero-order valence-corrected chi connectivity index (χ0v) is 23.4. The van der Waals surface area contributed by atoms with Crippen molar-refractivity contribution in [2.24, 2.45) is 5.41 Å². The number of aliphatic hydroxyl groups is 1. The third-order valence-electron chi connectivity index (χ3n) is 8.46. The second-order valence-electron chi connectivity index (χ2n) is 11.6. The van der Waals surface area contributed by atoms with Crippen molar-refractivity contribution in [3.63, 3.8) is 0 Å². The maximum Gasteiger partial charge on any atom is 0.254 e. The van der Waals surface area contributed by atoms with Gasteiger partial charge in [-0.1, -0.05) is 26.0 Å². The molecule has 10 heteroatoms. The Morgan fingerprint density at radius 2 is 1.98 bits per heavy atom. The van der Waals surface area contributed by atoms with E-state index in [1.165, 1.54) is 18.3 Å². The molecule has 216 valence electrons. The van der Waals surface area contributed by atoms with Crippen molar-refractivity contribution in [3.05, 3.63) is 76.5 Å². The fourth-order valence-corrected chi connectivity index (χ4v) is 6.12. The van der Waals surface area contributed by atoms with E-state index in [4.69, 9.17) is 0 Å². The van der Waals surface area contributed by atoms with Gasteiger partial charge in [0.2, 0.25) is 11.8 Å². The Kier molecular flexibility index (Phi) is 7.65. The summed E-state index contributed by atoms with van der Waals surface area (Å²) in [6.07, 6.45) is 2.29. The maximum atomic E-state index is 16.2. The number of nitrogens with one attached hydrogen (secondary N) is 2. The molecule has 2 aromatic carbocycles. The van der Waals surface area contributed by atoms with E-state index < -0.39 is 40.4 Å². The number of likely N-dealkylation sites (tertiary alicyclic amines) is 1. The smallest absolute Gasteiger partial charge is 0.254 e. The molecule has 3 N–H and O–H groups in total. The second kappa shape index (κ2) is 10.9. The van der Waals surface area contributed by atoms with Crippen molar-refractivity contribution in [2.75, 3.05) is 19.6 Å². The number of benzene rings is 2. The Balaban J connectivity index is 1.38. The van der Waals surface area contributed by atoms with E-state index >= 15 is 4.39 Å². The largest absolute Gasteiger partial charge is 0.384 e. The highest BCUT2D eigenvalue weighted by molar-refractivity contribution is 6.01. The molecule has 0 radical (unpaired) electrons. The van der Waals surface area contributed by atoms with Crippen LogP contribution in [0.5, 0.6) is 0 Å². The molecule has 0 spiro atoms. The molecule has 2 atom stereocenters. The van der Waals surface area contributed by atoms with Crippen LogP contribution in [-0.2, 0) is 21.7 Å². The van der Waals surface area contributed by atoms with Gasteiger partial charge in [-0.15, -0.1) is 0 Å². The molecule has 1 aromatic heterocycles. The summed E-state index contributed by atoms with van der Waals surface area (Å²) < 4.78 is 30.8. The topological polar surface area (TPSA) is 112 Å². The van der Waals surface area contributed by atoms with Gasteiger partial charge in [0.1, 0.15) is 11.6 Å². The lowest BCUT2D eigenvalue weighted by Gasteiger charge is -2.50. The number of fused-ring (bicyclic) bond motifs is 1. The van der Waals surface area contributed by atoms with E-state index in [2.05, 4.69) is 20.5 Å². The van der Waals surface area contributed by atoms with Crippen molar-refractivity contribution in [1.82, 2.24) is 20.5 Å². The molecular formula is C31H34F2N4O4. The molecule has 1 unspecified atom stereocenters. The fourth-order valence-electron chi connectivity index (χ4n) is 6.12. The molecule has 2 saturated heterocycles. The Morgan fingerprint density at radius 1 is 1.20 bits per heavy atom. The zero-order valence-electron chi connectivity index (χ0n) is 23.4. The number of amides is 3. The molecular weight excluding hydrogens is 530 g/mol. The second-order valence-corrected chi connectivity index (χ2v) is 11.6. The van der Waals surface area contributed by atoms with Gasteiger partial charge in [-0.3, -0.25) is 29.6 Å². The van der Waals surface area contributed by atoms with Crippen LogP contribution in [0.4, 0.5) is 8.78 Å². The van der Waals surface area contributed by atoms with Crippen LogP contribution in [0.3, 0.4) is 0 Å². The molecule has 0 bridgehead atoms. The first-order valence-corrected chi connectivity index (χ1v) is 13.9. The van der Waals surface area contributed by atoms with Gasteiger partial charge in [-0.2, -0.15) is 0 Å². The highest BCUT2D eigenvalue weighted by Crippen LogP contribution is 2.48. The van der Waals surface area contributed by atoms with E-state index in [0.717, 1.165) is 0 Å². The van der Waals surface area contributed by atoms with Gasteiger partial charge in [0.25, 0.3) is 5.91 Å². The molecule has 8 nitrogen and oxygen atoms in total. The average Bonchev–Trinajstić information content (AvgIpc) is 2.91. The Morgan fingerprint density at radius 3 is 2.66 bits per heavy atom. The van der Waals surface area contributed by atoms with Crippen LogP contribution in [0.2, 0.25) is 0 Å². The molecule has 3 amide bonds. The predicted molar refractivity (Wildman–Crippen MR) is 149 cm³/mol. The van der Waals surface area contributed by atoms with E-state index in [9.17, 15) is 23.9 Å². The first-order chi connectivity index (χ1) is 19.4. The Bertz CT molecular complexity index is 1540. The summed E-state index contributed by atoms with van der Waals surface area (Å²) in [7, 11) is 0. The molecule has 3 heterocycles. The fraction of sp³-hybridized carbons (Fsp3) is 0.419. The maximum absolute atomic E-state index is 16.2.